The second-order valence-corrected chi connectivity index (χ2v) is 5.63. The highest BCUT2D eigenvalue weighted by atomic mass is 16.4. The van der Waals surface area contributed by atoms with Gasteiger partial charge in [0.2, 0.25) is 0 Å². The topological polar surface area (TPSA) is 54.4 Å². The second kappa shape index (κ2) is 7.22. The first-order valence-corrected chi connectivity index (χ1v) is 7.52. The SMILES string of the molecule is O=C(O)CCCC(=O)c1ccc(C2CCCCC2)cc1. The van der Waals surface area contributed by atoms with Crippen LogP contribution in [0.15, 0.2) is 24.3 Å². The van der Waals surface area contributed by atoms with Crippen LogP contribution in [0.4, 0.5) is 0 Å². The second-order valence-electron chi connectivity index (χ2n) is 5.63. The van der Waals surface area contributed by atoms with Crippen LogP contribution in [-0.2, 0) is 4.79 Å². The third-order valence-electron chi connectivity index (χ3n) is 4.10. The minimum Gasteiger partial charge on any atom is -0.481 e. The molecular weight excluding hydrogens is 252 g/mol. The molecule has 1 aliphatic rings. The van der Waals surface area contributed by atoms with E-state index in [4.69, 9.17) is 5.11 Å². The summed E-state index contributed by atoms with van der Waals surface area (Å²) in [6, 6.07) is 7.93. The number of carbonyl (C=O) groups excluding carboxylic acids is 1. The lowest BCUT2D eigenvalue weighted by atomic mass is 9.84. The normalized spacial score (nSPS) is 16.0. The summed E-state index contributed by atoms with van der Waals surface area (Å²) in [5.74, 6) is -0.146. The highest BCUT2D eigenvalue weighted by molar-refractivity contribution is 5.96. The quantitative estimate of drug-likeness (QED) is 0.792. The van der Waals surface area contributed by atoms with E-state index in [9.17, 15) is 9.59 Å². The molecule has 3 nitrogen and oxygen atoms in total. The van der Waals surface area contributed by atoms with Gasteiger partial charge in [0.1, 0.15) is 0 Å². The van der Waals surface area contributed by atoms with E-state index in [-0.39, 0.29) is 12.2 Å². The lowest BCUT2D eigenvalue weighted by Crippen LogP contribution is -2.05. The van der Waals surface area contributed by atoms with Crippen LogP contribution in [-0.4, -0.2) is 16.9 Å². The standard InChI is InChI=1S/C17H22O3/c18-16(7-4-8-17(19)20)15-11-9-14(10-12-15)13-5-2-1-3-6-13/h9-13H,1-8H2,(H,19,20). The molecule has 0 amide bonds. The van der Waals surface area contributed by atoms with Crippen molar-refractivity contribution in [1.29, 1.82) is 0 Å². The van der Waals surface area contributed by atoms with E-state index in [1.165, 1.54) is 37.7 Å². The Morgan fingerprint density at radius 2 is 1.65 bits per heavy atom. The molecule has 1 saturated carbocycles. The van der Waals surface area contributed by atoms with Crippen molar-refractivity contribution in [3.05, 3.63) is 35.4 Å². The van der Waals surface area contributed by atoms with Crippen molar-refractivity contribution in [3.63, 3.8) is 0 Å². The number of carboxylic acids is 1. The molecule has 20 heavy (non-hydrogen) atoms. The molecule has 0 unspecified atom stereocenters. The van der Waals surface area contributed by atoms with Gasteiger partial charge in [0, 0.05) is 18.4 Å². The number of hydrogen-bond acceptors (Lipinski definition) is 2. The van der Waals surface area contributed by atoms with E-state index in [1.807, 2.05) is 12.1 Å². The zero-order valence-electron chi connectivity index (χ0n) is 11.8. The van der Waals surface area contributed by atoms with Crippen LogP contribution in [0.2, 0.25) is 0 Å². The molecule has 1 aromatic carbocycles. The number of aliphatic carboxylic acids is 1. The first-order valence-electron chi connectivity index (χ1n) is 7.52. The summed E-state index contributed by atoms with van der Waals surface area (Å²) < 4.78 is 0. The number of carboxylic acid groups (broad SMARTS) is 1. The Hall–Kier alpha value is -1.64. The number of carbonyl (C=O) groups is 2. The first kappa shape index (κ1) is 14.8. The van der Waals surface area contributed by atoms with Crippen molar-refractivity contribution < 1.29 is 14.7 Å². The summed E-state index contributed by atoms with van der Waals surface area (Å²) in [7, 11) is 0. The molecule has 0 saturated heterocycles. The monoisotopic (exact) mass is 274 g/mol. The number of rotatable bonds is 6. The fourth-order valence-corrected chi connectivity index (χ4v) is 2.92. The Morgan fingerprint density at radius 3 is 2.25 bits per heavy atom. The first-order chi connectivity index (χ1) is 9.66. The Balaban J connectivity index is 1.90. The summed E-state index contributed by atoms with van der Waals surface area (Å²) >= 11 is 0. The van der Waals surface area contributed by atoms with Crippen LogP contribution in [0.3, 0.4) is 0 Å². The van der Waals surface area contributed by atoms with E-state index >= 15 is 0 Å². The van der Waals surface area contributed by atoms with E-state index in [2.05, 4.69) is 12.1 Å². The van der Waals surface area contributed by atoms with E-state index in [0.29, 0.717) is 24.3 Å². The van der Waals surface area contributed by atoms with Gasteiger partial charge >= 0.3 is 5.97 Å². The molecule has 0 aliphatic heterocycles. The summed E-state index contributed by atoms with van der Waals surface area (Å²) in [5.41, 5.74) is 2.04. The molecule has 0 aromatic heterocycles. The van der Waals surface area contributed by atoms with Gasteiger partial charge in [-0.1, -0.05) is 43.5 Å². The van der Waals surface area contributed by atoms with Gasteiger partial charge in [-0.05, 0) is 30.7 Å². The van der Waals surface area contributed by atoms with Crippen LogP contribution in [0, 0.1) is 0 Å². The fraction of sp³-hybridized carbons (Fsp3) is 0.529. The maximum Gasteiger partial charge on any atom is 0.303 e. The Morgan fingerprint density at radius 1 is 1.00 bits per heavy atom. The molecular formula is C17H22O3. The lowest BCUT2D eigenvalue weighted by Gasteiger charge is -2.22. The summed E-state index contributed by atoms with van der Waals surface area (Å²) in [6.45, 7) is 0. The number of hydrogen-bond donors (Lipinski definition) is 1. The van der Waals surface area contributed by atoms with E-state index < -0.39 is 5.97 Å². The fourth-order valence-electron chi connectivity index (χ4n) is 2.92. The highest BCUT2D eigenvalue weighted by Crippen LogP contribution is 2.32. The van der Waals surface area contributed by atoms with Crippen LogP contribution in [0.1, 0.15) is 73.2 Å². The van der Waals surface area contributed by atoms with Gasteiger partial charge < -0.3 is 5.11 Å². The van der Waals surface area contributed by atoms with Crippen molar-refractivity contribution in [2.24, 2.45) is 0 Å². The maximum absolute atomic E-state index is 11.9. The van der Waals surface area contributed by atoms with Gasteiger partial charge in [0.15, 0.2) is 5.78 Å². The molecule has 0 atom stereocenters. The third-order valence-corrected chi connectivity index (χ3v) is 4.10. The Bertz CT molecular complexity index is 456. The zero-order chi connectivity index (χ0) is 14.4. The average Bonchev–Trinajstić information content (AvgIpc) is 2.48. The minimum atomic E-state index is -0.842. The molecule has 0 radical (unpaired) electrons. The summed E-state index contributed by atoms with van der Waals surface area (Å²) in [6.07, 6.45) is 7.26. The van der Waals surface area contributed by atoms with Crippen molar-refractivity contribution >= 4 is 11.8 Å². The van der Waals surface area contributed by atoms with Crippen LogP contribution in [0.25, 0.3) is 0 Å². The molecule has 0 spiro atoms. The van der Waals surface area contributed by atoms with Gasteiger partial charge in [-0.3, -0.25) is 9.59 Å². The molecule has 1 aliphatic carbocycles. The molecule has 1 N–H and O–H groups in total. The molecule has 0 bridgehead atoms. The Kier molecular flexibility index (Phi) is 5.33. The van der Waals surface area contributed by atoms with Gasteiger partial charge in [0.05, 0.1) is 0 Å². The van der Waals surface area contributed by atoms with E-state index in [0.717, 1.165) is 0 Å². The van der Waals surface area contributed by atoms with Gasteiger partial charge in [-0.2, -0.15) is 0 Å². The molecule has 3 heteroatoms. The van der Waals surface area contributed by atoms with Crippen molar-refractivity contribution in [2.45, 2.75) is 57.3 Å². The molecule has 1 aromatic rings. The van der Waals surface area contributed by atoms with Gasteiger partial charge in [-0.15, -0.1) is 0 Å². The van der Waals surface area contributed by atoms with Gasteiger partial charge in [0.25, 0.3) is 0 Å². The summed E-state index contributed by atoms with van der Waals surface area (Å²) in [4.78, 5) is 22.3. The summed E-state index contributed by atoms with van der Waals surface area (Å²) in [5, 5.41) is 8.57. The smallest absolute Gasteiger partial charge is 0.303 e. The van der Waals surface area contributed by atoms with Gasteiger partial charge in [-0.25, -0.2) is 0 Å². The maximum atomic E-state index is 11.9. The molecule has 2 rings (SSSR count). The number of Topliss-reactive ketones (excluding diaryl/α,β-unsaturated/α-hetero) is 1. The minimum absolute atomic E-state index is 0.0430. The largest absolute Gasteiger partial charge is 0.481 e. The van der Waals surface area contributed by atoms with Crippen molar-refractivity contribution in [3.8, 4) is 0 Å². The van der Waals surface area contributed by atoms with Crippen molar-refractivity contribution in [1.82, 2.24) is 0 Å². The Labute approximate surface area is 120 Å². The third kappa shape index (κ3) is 4.19. The molecule has 1 fully saturated rings. The van der Waals surface area contributed by atoms with Crippen LogP contribution >= 0.6 is 0 Å². The molecule has 0 heterocycles. The lowest BCUT2D eigenvalue weighted by molar-refractivity contribution is -0.137. The number of benzene rings is 1. The van der Waals surface area contributed by atoms with Crippen molar-refractivity contribution in [2.75, 3.05) is 0 Å². The molecule has 108 valence electrons. The predicted molar refractivity (Wildman–Crippen MR) is 78.1 cm³/mol. The van der Waals surface area contributed by atoms with E-state index in [1.54, 1.807) is 0 Å². The predicted octanol–water partition coefficient (Wildman–Crippen LogP) is 4.17. The highest BCUT2D eigenvalue weighted by Gasteiger charge is 2.15. The van der Waals surface area contributed by atoms with Crippen LogP contribution in [0.5, 0.6) is 0 Å². The average molecular weight is 274 g/mol. The number of ketones is 1. The van der Waals surface area contributed by atoms with Crippen LogP contribution < -0.4 is 0 Å². The zero-order valence-corrected chi connectivity index (χ0v) is 11.8.